The molecular weight excluding hydrogens is 536 g/mol. The number of aromatic amines is 1. The maximum absolute atomic E-state index is 13.1. The molecule has 11 heteroatoms. The maximum Gasteiger partial charge on any atom is 0.514 e. The van der Waals surface area contributed by atoms with Crippen molar-refractivity contribution in [2.75, 3.05) is 19.7 Å². The Hall–Kier alpha value is -3.86. The standard InChI is InChI=1S/C29H36N2O8S/c1-28(2,3)38-26(34)31(15-13-19-7-10-21(11-8-19)36-18-17-32)16-14-20-9-12-22(23-24(20)40-25(33)30-23)37-27(35)39-29(4,5)6/h7-12,17H,13-16,18H2,1-6H3,(H,30,33). The van der Waals surface area contributed by atoms with Gasteiger partial charge in [-0.2, -0.15) is 0 Å². The number of fused-ring (bicyclic) bond motifs is 1. The minimum absolute atomic E-state index is 0.0109. The lowest BCUT2D eigenvalue weighted by Gasteiger charge is -2.27. The number of nitrogens with zero attached hydrogens (tertiary/aromatic N) is 1. The molecule has 1 aromatic heterocycles. The monoisotopic (exact) mass is 572 g/mol. The van der Waals surface area contributed by atoms with Crippen LogP contribution in [0.4, 0.5) is 9.59 Å². The van der Waals surface area contributed by atoms with E-state index in [-0.39, 0.29) is 17.2 Å². The molecule has 0 fully saturated rings. The van der Waals surface area contributed by atoms with Crippen molar-refractivity contribution in [2.45, 2.75) is 65.6 Å². The van der Waals surface area contributed by atoms with E-state index < -0.39 is 23.5 Å². The molecule has 0 atom stereocenters. The molecule has 0 saturated heterocycles. The van der Waals surface area contributed by atoms with Crippen molar-refractivity contribution in [3.63, 3.8) is 0 Å². The number of aldehydes is 1. The number of aromatic nitrogens is 1. The lowest BCUT2D eigenvalue weighted by Crippen LogP contribution is -2.39. The summed E-state index contributed by atoms with van der Waals surface area (Å²) < 4.78 is 22.2. The van der Waals surface area contributed by atoms with Crippen LogP contribution >= 0.6 is 11.3 Å². The van der Waals surface area contributed by atoms with Gasteiger partial charge in [0.2, 0.25) is 0 Å². The minimum atomic E-state index is -0.868. The van der Waals surface area contributed by atoms with Gasteiger partial charge in [-0.15, -0.1) is 0 Å². The number of H-pyrrole nitrogens is 1. The quantitative estimate of drug-likeness (QED) is 0.192. The van der Waals surface area contributed by atoms with Crippen molar-refractivity contribution in [3.05, 3.63) is 57.2 Å². The Kier molecular flexibility index (Phi) is 9.97. The first kappa shape index (κ1) is 30.7. The number of thiazole rings is 1. The maximum atomic E-state index is 13.1. The molecule has 0 aliphatic heterocycles. The summed E-state index contributed by atoms with van der Waals surface area (Å²) >= 11 is 1.01. The van der Waals surface area contributed by atoms with Crippen molar-refractivity contribution < 1.29 is 33.3 Å². The van der Waals surface area contributed by atoms with Crippen LogP contribution in [0.15, 0.2) is 41.2 Å². The van der Waals surface area contributed by atoms with Crippen LogP contribution in [0.3, 0.4) is 0 Å². The van der Waals surface area contributed by atoms with Gasteiger partial charge >= 0.3 is 17.1 Å². The minimum Gasteiger partial charge on any atom is -0.486 e. The van der Waals surface area contributed by atoms with Gasteiger partial charge in [0, 0.05) is 13.1 Å². The van der Waals surface area contributed by atoms with Crippen LogP contribution in [0.25, 0.3) is 10.2 Å². The fourth-order valence-electron chi connectivity index (χ4n) is 3.73. The van der Waals surface area contributed by atoms with Gasteiger partial charge in [-0.05, 0) is 83.7 Å². The second-order valence-corrected chi connectivity index (χ2v) is 12.1. The molecule has 1 amide bonds. The van der Waals surface area contributed by atoms with Crippen molar-refractivity contribution in [3.8, 4) is 11.5 Å². The molecule has 0 radical (unpaired) electrons. The van der Waals surface area contributed by atoms with Crippen molar-refractivity contribution in [1.29, 1.82) is 0 Å². The second-order valence-electron chi connectivity index (χ2n) is 11.1. The molecule has 1 N–H and O–H groups in total. The van der Waals surface area contributed by atoms with Gasteiger partial charge in [0.05, 0.1) is 4.70 Å². The number of hydrogen-bond donors (Lipinski definition) is 1. The van der Waals surface area contributed by atoms with E-state index in [0.717, 1.165) is 22.5 Å². The predicted octanol–water partition coefficient (Wildman–Crippen LogP) is 5.50. The van der Waals surface area contributed by atoms with Crippen molar-refractivity contribution >= 4 is 40.1 Å². The molecule has 0 saturated carbocycles. The van der Waals surface area contributed by atoms with E-state index in [1.807, 2.05) is 32.9 Å². The topological polar surface area (TPSA) is 124 Å². The smallest absolute Gasteiger partial charge is 0.486 e. The van der Waals surface area contributed by atoms with Gasteiger partial charge in [0.15, 0.2) is 12.0 Å². The van der Waals surface area contributed by atoms with Crippen LogP contribution in [-0.2, 0) is 27.1 Å². The van der Waals surface area contributed by atoms with Gasteiger partial charge in [0.25, 0.3) is 0 Å². The summed E-state index contributed by atoms with van der Waals surface area (Å²) in [6.45, 7) is 11.4. The number of rotatable bonds is 10. The predicted molar refractivity (Wildman–Crippen MR) is 153 cm³/mol. The SMILES string of the molecule is CC(C)(C)OC(=O)Oc1ccc(CCN(CCc2ccc(OCC=O)cc2)C(=O)OC(C)(C)C)c2sc(=O)[nH]c12. The first-order valence-corrected chi connectivity index (χ1v) is 13.7. The molecule has 0 bridgehead atoms. The van der Waals surface area contributed by atoms with Crippen LogP contribution in [0.1, 0.15) is 52.7 Å². The molecule has 0 spiro atoms. The van der Waals surface area contributed by atoms with Gasteiger partial charge < -0.3 is 28.8 Å². The normalized spacial score (nSPS) is 11.7. The Morgan fingerprint density at radius 3 is 2.20 bits per heavy atom. The summed E-state index contributed by atoms with van der Waals surface area (Å²) in [6, 6.07) is 10.7. The van der Waals surface area contributed by atoms with Crippen LogP contribution in [0, 0.1) is 0 Å². The molecular formula is C29H36N2O8S. The molecule has 216 valence electrons. The van der Waals surface area contributed by atoms with Crippen LogP contribution < -0.4 is 14.3 Å². The lowest BCUT2D eigenvalue weighted by atomic mass is 10.1. The third-order valence-electron chi connectivity index (χ3n) is 5.42. The van der Waals surface area contributed by atoms with Gasteiger partial charge in [-0.1, -0.05) is 29.5 Å². The summed E-state index contributed by atoms with van der Waals surface area (Å²) in [5.41, 5.74) is 0.817. The number of carbonyl (C=O) groups excluding carboxylic acids is 3. The van der Waals surface area contributed by atoms with Crippen LogP contribution in [-0.4, -0.2) is 59.3 Å². The Balaban J connectivity index is 1.76. The average molecular weight is 573 g/mol. The summed E-state index contributed by atoms with van der Waals surface area (Å²) in [5, 5.41) is 0. The number of benzene rings is 2. The number of amides is 1. The summed E-state index contributed by atoms with van der Waals surface area (Å²) in [5.74, 6) is 0.782. The molecule has 3 rings (SSSR count). The first-order valence-electron chi connectivity index (χ1n) is 12.9. The Morgan fingerprint density at radius 2 is 1.57 bits per heavy atom. The Labute approximate surface area is 237 Å². The summed E-state index contributed by atoms with van der Waals surface area (Å²) in [7, 11) is 0. The van der Waals surface area contributed by atoms with Crippen molar-refractivity contribution in [1.82, 2.24) is 9.88 Å². The van der Waals surface area contributed by atoms with Gasteiger partial charge in [-0.25, -0.2) is 9.59 Å². The fourth-order valence-corrected chi connectivity index (χ4v) is 4.62. The number of hydrogen-bond acceptors (Lipinski definition) is 9. The van der Waals surface area contributed by atoms with E-state index in [1.165, 1.54) is 0 Å². The summed E-state index contributed by atoms with van der Waals surface area (Å²) in [6.07, 6.45) is 0.390. The second kappa shape index (κ2) is 13.0. The van der Waals surface area contributed by atoms with E-state index in [2.05, 4.69) is 4.98 Å². The van der Waals surface area contributed by atoms with Crippen molar-refractivity contribution in [2.24, 2.45) is 0 Å². The van der Waals surface area contributed by atoms with E-state index in [0.29, 0.717) is 48.2 Å². The molecule has 40 heavy (non-hydrogen) atoms. The van der Waals surface area contributed by atoms with E-state index in [4.69, 9.17) is 18.9 Å². The van der Waals surface area contributed by atoms with E-state index in [9.17, 15) is 19.2 Å². The first-order chi connectivity index (χ1) is 18.7. The fraction of sp³-hybridized carbons (Fsp3) is 0.448. The average Bonchev–Trinajstić information content (AvgIpc) is 3.24. The highest BCUT2D eigenvalue weighted by Crippen LogP contribution is 2.30. The van der Waals surface area contributed by atoms with Gasteiger partial charge in [0.1, 0.15) is 29.1 Å². The zero-order valence-electron chi connectivity index (χ0n) is 23.7. The summed E-state index contributed by atoms with van der Waals surface area (Å²) in [4.78, 5) is 52.1. The number of nitrogens with one attached hydrogen (secondary N) is 1. The van der Waals surface area contributed by atoms with Crippen LogP contribution in [0.2, 0.25) is 0 Å². The Morgan fingerprint density at radius 1 is 0.925 bits per heavy atom. The highest BCUT2D eigenvalue weighted by molar-refractivity contribution is 7.16. The number of ether oxygens (including phenoxy) is 4. The number of carbonyl (C=O) groups is 3. The molecule has 0 aliphatic carbocycles. The third kappa shape index (κ3) is 9.41. The Bertz CT molecular complexity index is 1380. The largest absolute Gasteiger partial charge is 0.514 e. The lowest BCUT2D eigenvalue weighted by molar-refractivity contribution is -0.109. The zero-order chi connectivity index (χ0) is 29.5. The molecule has 3 aromatic rings. The molecule has 1 heterocycles. The highest BCUT2D eigenvalue weighted by atomic mass is 32.1. The van der Waals surface area contributed by atoms with Crippen LogP contribution in [0.5, 0.6) is 11.5 Å². The van der Waals surface area contributed by atoms with E-state index in [1.54, 1.807) is 49.9 Å². The zero-order valence-corrected chi connectivity index (χ0v) is 24.5. The van der Waals surface area contributed by atoms with Gasteiger partial charge in [-0.3, -0.25) is 9.59 Å². The molecule has 10 nitrogen and oxygen atoms in total. The highest BCUT2D eigenvalue weighted by Gasteiger charge is 2.24. The van der Waals surface area contributed by atoms with E-state index >= 15 is 0 Å². The molecule has 2 aromatic carbocycles. The third-order valence-corrected chi connectivity index (χ3v) is 6.38. The molecule has 0 aliphatic rings. The molecule has 0 unspecified atom stereocenters.